The number of aryl methyl sites for hydroxylation is 1. The Morgan fingerprint density at radius 2 is 2.31 bits per heavy atom. The molecule has 1 aromatic heterocycles. The molecule has 1 aliphatic rings. The molecule has 0 amide bonds. The van der Waals surface area contributed by atoms with Gasteiger partial charge in [-0.1, -0.05) is 0 Å². The summed E-state index contributed by atoms with van der Waals surface area (Å²) in [6, 6.07) is 0. The Balaban J connectivity index is 1.89. The van der Waals surface area contributed by atoms with Crippen LogP contribution in [0.15, 0.2) is 6.20 Å². The van der Waals surface area contributed by atoms with Gasteiger partial charge in [-0.05, 0) is 0 Å². The van der Waals surface area contributed by atoms with Crippen LogP contribution in [-0.2, 0) is 18.3 Å². The van der Waals surface area contributed by atoms with Gasteiger partial charge in [-0.25, -0.2) is 0 Å². The van der Waals surface area contributed by atoms with Crippen LogP contribution in [0.1, 0.15) is 5.56 Å². The van der Waals surface area contributed by atoms with E-state index in [1.54, 1.807) is 4.68 Å². The Hall–Kier alpha value is -0.870. The lowest BCUT2D eigenvalue weighted by molar-refractivity contribution is 0.0341. The summed E-state index contributed by atoms with van der Waals surface area (Å²) in [5.41, 5.74) is 1.16. The van der Waals surface area contributed by atoms with E-state index in [0.29, 0.717) is 0 Å². The summed E-state index contributed by atoms with van der Waals surface area (Å²) in [5, 5.41) is 4.09. The molecule has 0 aromatic carbocycles. The number of rotatable bonds is 2. The normalized spacial score (nSPS) is 19.2. The number of hydrogen-bond donors (Lipinski definition) is 0. The Bertz CT molecular complexity index is 266. The molecule has 0 bridgehead atoms. The third kappa shape index (κ3) is 2.29. The minimum absolute atomic E-state index is 0.847. The van der Waals surface area contributed by atoms with Crippen LogP contribution in [0.5, 0.6) is 0 Å². The summed E-state index contributed by atoms with van der Waals surface area (Å²) in [5.74, 6) is 0. The summed E-state index contributed by atoms with van der Waals surface area (Å²) >= 11 is 0. The molecule has 1 saturated heterocycles. The smallest absolute Gasteiger partial charge is 0.0908 e. The molecule has 13 heavy (non-hydrogen) atoms. The van der Waals surface area contributed by atoms with Crippen LogP contribution in [0.4, 0.5) is 0 Å². The average molecular weight is 180 g/mol. The molecule has 0 atom stereocenters. The van der Waals surface area contributed by atoms with Crippen molar-refractivity contribution in [1.29, 1.82) is 0 Å². The van der Waals surface area contributed by atoms with Gasteiger partial charge in [0.05, 0.1) is 25.6 Å². The molecule has 1 fully saturated rings. The van der Waals surface area contributed by atoms with Crippen molar-refractivity contribution in [2.45, 2.75) is 6.54 Å². The molecule has 0 N–H and O–H groups in total. The zero-order chi connectivity index (χ0) is 9.10. The lowest BCUT2D eigenvalue weighted by Gasteiger charge is -2.25. The second kappa shape index (κ2) is 3.89. The van der Waals surface area contributed by atoms with Crippen molar-refractivity contribution < 1.29 is 4.74 Å². The summed E-state index contributed by atoms with van der Waals surface area (Å²) in [4.78, 5) is 2.36. The van der Waals surface area contributed by atoms with E-state index in [1.165, 1.54) is 0 Å². The van der Waals surface area contributed by atoms with E-state index in [0.717, 1.165) is 38.4 Å². The van der Waals surface area contributed by atoms with Gasteiger partial charge in [-0.3, -0.25) is 9.58 Å². The van der Waals surface area contributed by atoms with E-state index in [9.17, 15) is 0 Å². The van der Waals surface area contributed by atoms with Crippen LogP contribution >= 0.6 is 0 Å². The first-order chi connectivity index (χ1) is 6.34. The monoisotopic (exact) mass is 180 g/mol. The van der Waals surface area contributed by atoms with Crippen LogP contribution in [-0.4, -0.2) is 41.0 Å². The Morgan fingerprint density at radius 1 is 1.54 bits per heavy atom. The zero-order valence-corrected chi connectivity index (χ0v) is 7.86. The van der Waals surface area contributed by atoms with Gasteiger partial charge in [0.15, 0.2) is 0 Å². The summed E-state index contributed by atoms with van der Waals surface area (Å²) in [7, 11) is 1.89. The van der Waals surface area contributed by atoms with Gasteiger partial charge >= 0.3 is 0 Å². The van der Waals surface area contributed by atoms with Crippen molar-refractivity contribution in [3.8, 4) is 0 Å². The van der Waals surface area contributed by atoms with Crippen molar-refractivity contribution in [2.75, 3.05) is 26.3 Å². The number of morpholine rings is 1. The highest BCUT2D eigenvalue weighted by Crippen LogP contribution is 2.04. The average Bonchev–Trinajstić information content (AvgIpc) is 2.53. The first kappa shape index (κ1) is 8.72. The quantitative estimate of drug-likeness (QED) is 0.644. The van der Waals surface area contributed by atoms with Gasteiger partial charge in [0.2, 0.25) is 0 Å². The second-order valence-corrected chi connectivity index (χ2v) is 3.29. The highest BCUT2D eigenvalue weighted by molar-refractivity contribution is 5.01. The van der Waals surface area contributed by atoms with Crippen molar-refractivity contribution >= 4 is 0 Å². The van der Waals surface area contributed by atoms with Gasteiger partial charge < -0.3 is 4.74 Å². The predicted molar refractivity (Wildman–Crippen MR) is 48.1 cm³/mol. The van der Waals surface area contributed by atoms with Crippen molar-refractivity contribution in [3.05, 3.63) is 18.0 Å². The summed E-state index contributed by atoms with van der Waals surface area (Å²) in [6.07, 6.45) is 5.02. The van der Waals surface area contributed by atoms with E-state index < -0.39 is 0 Å². The van der Waals surface area contributed by atoms with E-state index in [4.69, 9.17) is 4.74 Å². The molecule has 0 unspecified atom stereocenters. The SMILES string of the molecule is Cn1[c]c(CN2CCOCC2)cn1. The largest absolute Gasteiger partial charge is 0.379 e. The second-order valence-electron chi connectivity index (χ2n) is 3.29. The number of ether oxygens (including phenoxy) is 1. The van der Waals surface area contributed by atoms with Gasteiger partial charge in [-0.15, -0.1) is 0 Å². The first-order valence-corrected chi connectivity index (χ1v) is 4.55. The Labute approximate surface area is 78.1 Å². The molecule has 1 radical (unpaired) electrons. The van der Waals surface area contributed by atoms with Crippen LogP contribution < -0.4 is 0 Å². The molecule has 2 heterocycles. The lowest BCUT2D eigenvalue weighted by atomic mass is 10.3. The van der Waals surface area contributed by atoms with Crippen LogP contribution in [0.3, 0.4) is 0 Å². The fraction of sp³-hybridized carbons (Fsp3) is 0.667. The predicted octanol–water partition coefficient (Wildman–Crippen LogP) is 0.0525. The van der Waals surface area contributed by atoms with Crippen LogP contribution in [0.2, 0.25) is 0 Å². The molecule has 0 aliphatic carbocycles. The van der Waals surface area contributed by atoms with E-state index in [2.05, 4.69) is 16.2 Å². The lowest BCUT2D eigenvalue weighted by Crippen LogP contribution is -2.35. The Morgan fingerprint density at radius 3 is 2.92 bits per heavy atom. The molecular formula is C9H14N3O. The zero-order valence-electron chi connectivity index (χ0n) is 7.86. The number of nitrogens with zero attached hydrogens (tertiary/aromatic N) is 3. The maximum atomic E-state index is 5.27. The standard InChI is InChI=1S/C9H14N3O/c1-11-7-9(6-10-11)8-12-2-4-13-5-3-12/h6H,2-5,8H2,1H3. The maximum absolute atomic E-state index is 5.27. The molecule has 1 aliphatic heterocycles. The number of hydrogen-bond acceptors (Lipinski definition) is 3. The summed E-state index contributed by atoms with van der Waals surface area (Å²) in [6.45, 7) is 4.67. The minimum atomic E-state index is 0.847. The third-order valence-electron chi connectivity index (χ3n) is 2.19. The van der Waals surface area contributed by atoms with Gasteiger partial charge in [0.25, 0.3) is 0 Å². The Kier molecular flexibility index (Phi) is 2.61. The molecule has 0 saturated carbocycles. The van der Waals surface area contributed by atoms with Gasteiger partial charge in [0, 0.05) is 32.2 Å². The van der Waals surface area contributed by atoms with Gasteiger partial charge in [0.1, 0.15) is 0 Å². The summed E-state index contributed by atoms with van der Waals surface area (Å²) < 4.78 is 6.99. The molecule has 71 valence electrons. The highest BCUT2D eigenvalue weighted by atomic mass is 16.5. The van der Waals surface area contributed by atoms with Crippen molar-refractivity contribution in [1.82, 2.24) is 14.7 Å². The van der Waals surface area contributed by atoms with E-state index in [-0.39, 0.29) is 0 Å². The molecular weight excluding hydrogens is 166 g/mol. The fourth-order valence-corrected chi connectivity index (χ4v) is 1.50. The van der Waals surface area contributed by atoms with Crippen LogP contribution in [0, 0.1) is 6.20 Å². The highest BCUT2D eigenvalue weighted by Gasteiger charge is 2.11. The minimum Gasteiger partial charge on any atom is -0.379 e. The maximum Gasteiger partial charge on any atom is 0.0908 e. The topological polar surface area (TPSA) is 30.3 Å². The third-order valence-corrected chi connectivity index (χ3v) is 2.19. The molecule has 2 rings (SSSR count). The van der Waals surface area contributed by atoms with Crippen molar-refractivity contribution in [3.63, 3.8) is 0 Å². The van der Waals surface area contributed by atoms with E-state index >= 15 is 0 Å². The molecule has 4 heteroatoms. The fourth-order valence-electron chi connectivity index (χ4n) is 1.50. The van der Waals surface area contributed by atoms with Crippen molar-refractivity contribution in [2.24, 2.45) is 7.05 Å². The number of aromatic nitrogens is 2. The van der Waals surface area contributed by atoms with Crippen LogP contribution in [0.25, 0.3) is 0 Å². The molecule has 1 aromatic rings. The van der Waals surface area contributed by atoms with Gasteiger partial charge in [-0.2, -0.15) is 5.10 Å². The first-order valence-electron chi connectivity index (χ1n) is 4.55. The van der Waals surface area contributed by atoms with E-state index in [1.807, 2.05) is 13.2 Å². The molecule has 0 spiro atoms. The molecule has 4 nitrogen and oxygen atoms in total.